The summed E-state index contributed by atoms with van der Waals surface area (Å²) >= 11 is 0. The van der Waals surface area contributed by atoms with Crippen molar-refractivity contribution < 1.29 is 24.1 Å². The summed E-state index contributed by atoms with van der Waals surface area (Å²) < 4.78 is 22.6. The highest BCUT2D eigenvalue weighted by Crippen LogP contribution is 2.44. The van der Waals surface area contributed by atoms with Gasteiger partial charge in [0.15, 0.2) is 12.1 Å². The molecule has 0 aromatic carbocycles. The van der Waals surface area contributed by atoms with Gasteiger partial charge in [0.05, 0.1) is 6.61 Å². The molecule has 0 aliphatic carbocycles. The number of aliphatic hydroxyl groups is 1. The number of ether oxygens (including phenoxy) is 4. The van der Waals surface area contributed by atoms with Gasteiger partial charge < -0.3 is 24.1 Å². The first-order valence-corrected chi connectivity index (χ1v) is 5.65. The minimum Gasteiger partial charge on any atom is -0.393 e. The van der Waals surface area contributed by atoms with Crippen LogP contribution in [0.25, 0.3) is 0 Å². The molecule has 0 aromatic rings. The molecule has 0 radical (unpaired) electrons. The number of hydrogen-bond donors (Lipinski definition) is 1. The first-order chi connectivity index (χ1) is 7.48. The molecule has 2 heterocycles. The van der Waals surface area contributed by atoms with Gasteiger partial charge in [-0.1, -0.05) is 6.92 Å². The number of hydrogen-bond acceptors (Lipinski definition) is 5. The monoisotopic (exact) mass is 232 g/mol. The predicted molar refractivity (Wildman–Crippen MR) is 55.8 cm³/mol. The summed E-state index contributed by atoms with van der Waals surface area (Å²) in [5.74, 6) is -0.651. The van der Waals surface area contributed by atoms with Crippen LogP contribution in [0.5, 0.6) is 0 Å². The Hall–Kier alpha value is -0.200. The van der Waals surface area contributed by atoms with Crippen LogP contribution < -0.4 is 0 Å². The lowest BCUT2D eigenvalue weighted by molar-refractivity contribution is -0.248. The van der Waals surface area contributed by atoms with Crippen LogP contribution in [0, 0.1) is 0 Å². The van der Waals surface area contributed by atoms with Crippen LogP contribution in [0.3, 0.4) is 0 Å². The Bertz CT molecular complexity index is 261. The maximum atomic E-state index is 9.49. The van der Waals surface area contributed by atoms with Crippen LogP contribution in [-0.4, -0.2) is 48.7 Å². The van der Waals surface area contributed by atoms with Crippen molar-refractivity contribution in [3.8, 4) is 0 Å². The van der Waals surface area contributed by atoms with Crippen molar-refractivity contribution in [2.24, 2.45) is 0 Å². The summed E-state index contributed by atoms with van der Waals surface area (Å²) in [5.41, 5.74) is -0.708. The fourth-order valence-corrected chi connectivity index (χ4v) is 2.52. The average molecular weight is 232 g/mol. The van der Waals surface area contributed by atoms with Crippen LogP contribution >= 0.6 is 0 Å². The number of methoxy groups -OCH3 is 1. The van der Waals surface area contributed by atoms with E-state index in [1.54, 1.807) is 7.11 Å². The third-order valence-corrected chi connectivity index (χ3v) is 3.38. The maximum absolute atomic E-state index is 9.49. The lowest BCUT2D eigenvalue weighted by Gasteiger charge is -2.33. The molecule has 0 amide bonds. The van der Waals surface area contributed by atoms with Crippen LogP contribution in [0.1, 0.15) is 27.2 Å². The quantitative estimate of drug-likeness (QED) is 0.774. The third kappa shape index (κ3) is 1.67. The van der Waals surface area contributed by atoms with Crippen molar-refractivity contribution in [1.29, 1.82) is 0 Å². The van der Waals surface area contributed by atoms with E-state index in [1.165, 1.54) is 0 Å². The van der Waals surface area contributed by atoms with Crippen molar-refractivity contribution in [3.05, 3.63) is 0 Å². The fraction of sp³-hybridized carbons (Fsp3) is 1.00. The van der Waals surface area contributed by atoms with Gasteiger partial charge in [-0.15, -0.1) is 0 Å². The highest BCUT2D eigenvalue weighted by atomic mass is 16.8. The second kappa shape index (κ2) is 3.92. The minimum absolute atomic E-state index is 0.0951. The van der Waals surface area contributed by atoms with Gasteiger partial charge in [0, 0.05) is 7.11 Å². The molecule has 0 saturated carbocycles. The van der Waals surface area contributed by atoms with Crippen molar-refractivity contribution >= 4 is 0 Å². The molecule has 0 bridgehead atoms. The standard InChI is InChI=1S/C11H20O5/c1-5-11(6-12)8(13-4)7-9(16-11)15-10(2,3)14-7/h7-9,12H,5-6H2,1-4H3/t7-,8-,9+,11-/m1/s1. The summed E-state index contributed by atoms with van der Waals surface area (Å²) in [5, 5.41) is 9.49. The van der Waals surface area contributed by atoms with Gasteiger partial charge >= 0.3 is 0 Å². The normalized spacial score (nSPS) is 45.9. The summed E-state index contributed by atoms with van der Waals surface area (Å²) in [6.45, 7) is 5.54. The molecular weight excluding hydrogens is 212 g/mol. The second-order valence-electron chi connectivity index (χ2n) is 4.82. The molecule has 2 rings (SSSR count). The van der Waals surface area contributed by atoms with Crippen LogP contribution in [0.2, 0.25) is 0 Å². The number of fused-ring (bicyclic) bond motifs is 1. The number of rotatable bonds is 3. The maximum Gasteiger partial charge on any atom is 0.190 e. The minimum atomic E-state index is -0.708. The van der Waals surface area contributed by atoms with E-state index >= 15 is 0 Å². The molecular formula is C11H20O5. The van der Waals surface area contributed by atoms with Gasteiger partial charge in [0.2, 0.25) is 0 Å². The van der Waals surface area contributed by atoms with Crippen LogP contribution in [0.4, 0.5) is 0 Å². The van der Waals surface area contributed by atoms with E-state index in [-0.39, 0.29) is 18.8 Å². The summed E-state index contributed by atoms with van der Waals surface area (Å²) in [4.78, 5) is 0. The van der Waals surface area contributed by atoms with Gasteiger partial charge in [-0.2, -0.15) is 0 Å². The molecule has 2 aliphatic rings. The Balaban J connectivity index is 2.21. The van der Waals surface area contributed by atoms with E-state index in [0.717, 1.165) is 0 Å². The molecule has 2 aliphatic heterocycles. The van der Waals surface area contributed by atoms with Crippen LogP contribution in [0.15, 0.2) is 0 Å². The fourth-order valence-electron chi connectivity index (χ4n) is 2.52. The van der Waals surface area contributed by atoms with Gasteiger partial charge in [0.1, 0.15) is 17.8 Å². The Morgan fingerprint density at radius 3 is 2.44 bits per heavy atom. The largest absolute Gasteiger partial charge is 0.393 e. The summed E-state index contributed by atoms with van der Waals surface area (Å²) in [6.07, 6.45) is -0.365. The molecule has 5 nitrogen and oxygen atoms in total. The molecule has 0 unspecified atom stereocenters. The first-order valence-electron chi connectivity index (χ1n) is 5.65. The highest BCUT2D eigenvalue weighted by Gasteiger charge is 2.61. The average Bonchev–Trinajstić information content (AvgIpc) is 2.66. The highest BCUT2D eigenvalue weighted by molar-refractivity contribution is 5.03. The van der Waals surface area contributed by atoms with Crippen molar-refractivity contribution in [1.82, 2.24) is 0 Å². The van der Waals surface area contributed by atoms with Crippen molar-refractivity contribution in [3.63, 3.8) is 0 Å². The van der Waals surface area contributed by atoms with Gasteiger partial charge in [-0.3, -0.25) is 0 Å². The zero-order valence-electron chi connectivity index (χ0n) is 10.2. The molecule has 4 atom stereocenters. The van der Waals surface area contributed by atoms with E-state index in [0.29, 0.717) is 6.42 Å². The molecule has 0 aromatic heterocycles. The van der Waals surface area contributed by atoms with Gasteiger partial charge in [-0.05, 0) is 20.3 Å². The molecule has 1 N–H and O–H groups in total. The molecule has 2 fully saturated rings. The summed E-state index contributed by atoms with van der Waals surface area (Å²) in [6, 6.07) is 0. The van der Waals surface area contributed by atoms with E-state index in [2.05, 4.69) is 0 Å². The molecule has 94 valence electrons. The SMILES string of the molecule is CC[C@]1(CO)O[C@@H]2OC(C)(C)O[C@@H]2[C@H]1OC. The Morgan fingerprint density at radius 2 is 1.94 bits per heavy atom. The Labute approximate surface area is 95.6 Å². The first kappa shape index (κ1) is 12.3. The molecule has 16 heavy (non-hydrogen) atoms. The zero-order valence-corrected chi connectivity index (χ0v) is 10.2. The van der Waals surface area contributed by atoms with E-state index in [4.69, 9.17) is 18.9 Å². The molecule has 2 saturated heterocycles. The second-order valence-corrected chi connectivity index (χ2v) is 4.82. The van der Waals surface area contributed by atoms with Gasteiger partial charge in [0.25, 0.3) is 0 Å². The van der Waals surface area contributed by atoms with Gasteiger partial charge in [-0.25, -0.2) is 0 Å². The van der Waals surface area contributed by atoms with E-state index in [1.807, 2.05) is 20.8 Å². The van der Waals surface area contributed by atoms with E-state index in [9.17, 15) is 5.11 Å². The molecule has 5 heteroatoms. The van der Waals surface area contributed by atoms with Crippen LogP contribution in [-0.2, 0) is 18.9 Å². The third-order valence-electron chi connectivity index (χ3n) is 3.38. The lowest BCUT2D eigenvalue weighted by Crippen LogP contribution is -2.48. The Kier molecular flexibility index (Phi) is 3.01. The smallest absolute Gasteiger partial charge is 0.190 e. The predicted octanol–water partition coefficient (Wildman–Crippen LogP) is 0.650. The Morgan fingerprint density at radius 1 is 1.25 bits per heavy atom. The van der Waals surface area contributed by atoms with Crippen molar-refractivity contribution in [2.75, 3.05) is 13.7 Å². The van der Waals surface area contributed by atoms with Crippen molar-refractivity contribution in [2.45, 2.75) is 57.1 Å². The number of aliphatic hydroxyl groups excluding tert-OH is 1. The topological polar surface area (TPSA) is 57.2 Å². The lowest BCUT2D eigenvalue weighted by atomic mass is 9.93. The summed E-state index contributed by atoms with van der Waals surface area (Å²) in [7, 11) is 1.60. The van der Waals surface area contributed by atoms with E-state index < -0.39 is 17.7 Å². The molecule has 0 spiro atoms. The zero-order chi connectivity index (χ0) is 12.0.